The maximum Gasteiger partial charge on any atom is 0.0599 e. The van der Waals surface area contributed by atoms with Crippen LogP contribution in [0.25, 0.3) is 0 Å². The molecule has 1 nitrogen and oxygen atoms in total. The van der Waals surface area contributed by atoms with Crippen LogP contribution < -0.4 is 0 Å². The van der Waals surface area contributed by atoms with Gasteiger partial charge in [-0.2, -0.15) is 0 Å². The minimum Gasteiger partial charge on any atom is -0.393 e. The first-order valence-corrected chi connectivity index (χ1v) is 10.2. The van der Waals surface area contributed by atoms with Crippen LogP contribution in [0.15, 0.2) is 0 Å². The fraction of sp³-hybridized carbons (Fsp3) is 1.00. The van der Waals surface area contributed by atoms with E-state index in [1.54, 1.807) is 0 Å². The third kappa shape index (κ3) is 1.87. The van der Waals surface area contributed by atoms with E-state index in [0.29, 0.717) is 5.41 Å². The maximum atomic E-state index is 10.9. The summed E-state index contributed by atoms with van der Waals surface area (Å²) < 4.78 is 0. The van der Waals surface area contributed by atoms with Gasteiger partial charge in [-0.05, 0) is 91.8 Å². The Balaban J connectivity index is 1.65. The molecular formula is C21H36O. The normalized spacial score (nSPS) is 57.8. The molecule has 4 saturated carbocycles. The quantitative estimate of drug-likeness (QED) is 0.686. The van der Waals surface area contributed by atoms with E-state index < -0.39 is 0 Å². The van der Waals surface area contributed by atoms with Crippen molar-refractivity contribution in [1.82, 2.24) is 0 Å². The van der Waals surface area contributed by atoms with Crippen molar-refractivity contribution < 1.29 is 5.11 Å². The molecule has 0 aromatic carbocycles. The molecule has 0 bridgehead atoms. The Kier molecular flexibility index (Phi) is 3.68. The SMILES string of the molecule is CC[C@H]1CC[C@H]2[C@@H]3CCC4CCCC(O)[C@]4(C)[C@H]3CC[C@]12C. The first-order chi connectivity index (χ1) is 10.5. The molecule has 0 aliphatic heterocycles. The second-order valence-corrected chi connectivity index (χ2v) is 9.69. The molecule has 0 spiro atoms. The summed E-state index contributed by atoms with van der Waals surface area (Å²) in [6.45, 7) is 7.52. The van der Waals surface area contributed by atoms with Gasteiger partial charge in [-0.1, -0.05) is 33.6 Å². The first-order valence-electron chi connectivity index (χ1n) is 10.2. The zero-order valence-corrected chi connectivity index (χ0v) is 15.0. The summed E-state index contributed by atoms with van der Waals surface area (Å²) in [7, 11) is 0. The zero-order valence-electron chi connectivity index (χ0n) is 15.0. The van der Waals surface area contributed by atoms with Crippen molar-refractivity contribution in [2.24, 2.45) is 40.4 Å². The van der Waals surface area contributed by atoms with Crippen LogP contribution in [0.1, 0.15) is 85.0 Å². The summed E-state index contributed by atoms with van der Waals surface area (Å²) >= 11 is 0. The standard InChI is InChI=1S/C21H36O/c1-4-14-9-11-17-16-10-8-15-6-5-7-19(22)21(15,3)18(16)12-13-20(14,17)2/h14-19,22H,4-13H2,1-3H3/t14-,15?,16-,17-,18-,19?,20+,21-/m0/s1. The van der Waals surface area contributed by atoms with Gasteiger partial charge in [0.25, 0.3) is 0 Å². The van der Waals surface area contributed by atoms with Gasteiger partial charge >= 0.3 is 0 Å². The van der Waals surface area contributed by atoms with E-state index in [4.69, 9.17) is 0 Å². The Morgan fingerprint density at radius 1 is 0.909 bits per heavy atom. The van der Waals surface area contributed by atoms with Gasteiger partial charge in [-0.15, -0.1) is 0 Å². The molecule has 0 aromatic heterocycles. The molecule has 22 heavy (non-hydrogen) atoms. The number of hydrogen-bond acceptors (Lipinski definition) is 1. The van der Waals surface area contributed by atoms with Crippen molar-refractivity contribution in [2.75, 3.05) is 0 Å². The highest BCUT2D eigenvalue weighted by molar-refractivity contribution is 5.10. The molecule has 0 aromatic rings. The first kappa shape index (κ1) is 15.5. The van der Waals surface area contributed by atoms with Crippen LogP contribution in [0.3, 0.4) is 0 Å². The molecule has 4 aliphatic carbocycles. The van der Waals surface area contributed by atoms with E-state index >= 15 is 0 Å². The molecule has 0 radical (unpaired) electrons. The van der Waals surface area contributed by atoms with Gasteiger partial charge in [0.05, 0.1) is 6.10 Å². The molecule has 0 heterocycles. The predicted octanol–water partition coefficient (Wildman–Crippen LogP) is 5.42. The lowest BCUT2D eigenvalue weighted by Crippen LogP contribution is -2.57. The summed E-state index contributed by atoms with van der Waals surface area (Å²) in [6.07, 6.45) is 13.7. The Morgan fingerprint density at radius 3 is 2.50 bits per heavy atom. The minimum absolute atomic E-state index is 0.0215. The van der Waals surface area contributed by atoms with Crippen molar-refractivity contribution >= 4 is 0 Å². The fourth-order valence-corrected chi connectivity index (χ4v) is 8.09. The van der Waals surface area contributed by atoms with E-state index in [0.717, 1.165) is 36.0 Å². The molecule has 4 fully saturated rings. The highest BCUT2D eigenvalue weighted by atomic mass is 16.3. The molecule has 2 unspecified atom stereocenters. The number of aliphatic hydroxyl groups is 1. The summed E-state index contributed by atoms with van der Waals surface area (Å²) in [6, 6.07) is 0. The van der Waals surface area contributed by atoms with Crippen molar-refractivity contribution in [3.8, 4) is 0 Å². The molecule has 1 N–H and O–H groups in total. The van der Waals surface area contributed by atoms with Gasteiger partial charge in [-0.3, -0.25) is 0 Å². The Labute approximate surface area is 137 Å². The monoisotopic (exact) mass is 304 g/mol. The Bertz CT molecular complexity index is 432. The molecule has 4 rings (SSSR count). The van der Waals surface area contributed by atoms with Crippen molar-refractivity contribution in [3.63, 3.8) is 0 Å². The van der Waals surface area contributed by atoms with E-state index in [1.807, 2.05) is 0 Å². The minimum atomic E-state index is -0.0215. The summed E-state index contributed by atoms with van der Waals surface area (Å²) in [5.74, 6) is 4.48. The average Bonchev–Trinajstić information content (AvgIpc) is 2.85. The molecule has 126 valence electrons. The summed E-state index contributed by atoms with van der Waals surface area (Å²) in [5, 5.41) is 10.9. The third-order valence-corrected chi connectivity index (χ3v) is 9.40. The highest BCUT2D eigenvalue weighted by Gasteiger charge is 2.61. The van der Waals surface area contributed by atoms with Crippen molar-refractivity contribution in [2.45, 2.75) is 91.1 Å². The van der Waals surface area contributed by atoms with E-state index in [2.05, 4.69) is 20.8 Å². The smallest absolute Gasteiger partial charge is 0.0599 e. The van der Waals surface area contributed by atoms with Crippen LogP contribution in [0.4, 0.5) is 0 Å². The molecule has 0 amide bonds. The van der Waals surface area contributed by atoms with Crippen LogP contribution in [0.2, 0.25) is 0 Å². The lowest BCUT2D eigenvalue weighted by molar-refractivity contribution is -0.163. The molecule has 1 heteroatoms. The van der Waals surface area contributed by atoms with E-state index in [9.17, 15) is 5.11 Å². The van der Waals surface area contributed by atoms with Gasteiger partial charge in [0.2, 0.25) is 0 Å². The van der Waals surface area contributed by atoms with Gasteiger partial charge in [0, 0.05) is 0 Å². The van der Waals surface area contributed by atoms with E-state index in [1.165, 1.54) is 57.8 Å². The van der Waals surface area contributed by atoms with Crippen LogP contribution >= 0.6 is 0 Å². The van der Waals surface area contributed by atoms with Crippen LogP contribution in [-0.2, 0) is 0 Å². The number of fused-ring (bicyclic) bond motifs is 5. The molecular weight excluding hydrogens is 268 g/mol. The summed E-state index contributed by atoms with van der Waals surface area (Å²) in [4.78, 5) is 0. The van der Waals surface area contributed by atoms with Crippen LogP contribution in [0.5, 0.6) is 0 Å². The lowest BCUT2D eigenvalue weighted by Gasteiger charge is -2.61. The maximum absolute atomic E-state index is 10.9. The third-order valence-electron chi connectivity index (χ3n) is 9.40. The molecule has 8 atom stereocenters. The van der Waals surface area contributed by atoms with Crippen molar-refractivity contribution in [3.05, 3.63) is 0 Å². The van der Waals surface area contributed by atoms with Gasteiger partial charge in [0.1, 0.15) is 0 Å². The van der Waals surface area contributed by atoms with Gasteiger partial charge in [-0.25, -0.2) is 0 Å². The number of hydrogen-bond donors (Lipinski definition) is 1. The lowest BCUT2D eigenvalue weighted by atomic mass is 9.44. The second kappa shape index (κ2) is 5.23. The second-order valence-electron chi connectivity index (χ2n) is 9.69. The van der Waals surface area contributed by atoms with Crippen LogP contribution in [-0.4, -0.2) is 11.2 Å². The fourth-order valence-electron chi connectivity index (χ4n) is 8.09. The predicted molar refractivity (Wildman–Crippen MR) is 91.5 cm³/mol. The Hall–Kier alpha value is -0.0400. The summed E-state index contributed by atoms with van der Waals surface area (Å²) in [5.41, 5.74) is 0.867. The van der Waals surface area contributed by atoms with Gasteiger partial charge < -0.3 is 5.11 Å². The number of aliphatic hydroxyl groups excluding tert-OH is 1. The van der Waals surface area contributed by atoms with Crippen LogP contribution in [0, 0.1) is 40.4 Å². The van der Waals surface area contributed by atoms with Gasteiger partial charge in [0.15, 0.2) is 0 Å². The number of rotatable bonds is 1. The zero-order chi connectivity index (χ0) is 15.5. The molecule has 0 saturated heterocycles. The largest absolute Gasteiger partial charge is 0.393 e. The Morgan fingerprint density at radius 2 is 1.73 bits per heavy atom. The van der Waals surface area contributed by atoms with Crippen molar-refractivity contribution in [1.29, 1.82) is 0 Å². The molecule has 4 aliphatic rings. The van der Waals surface area contributed by atoms with E-state index in [-0.39, 0.29) is 11.5 Å². The average molecular weight is 305 g/mol. The highest BCUT2D eigenvalue weighted by Crippen LogP contribution is 2.67. The topological polar surface area (TPSA) is 20.2 Å².